The summed E-state index contributed by atoms with van der Waals surface area (Å²) in [6.07, 6.45) is 1.55. The molecular formula is C12H11N3O2. The Morgan fingerprint density at radius 2 is 2.24 bits per heavy atom. The summed E-state index contributed by atoms with van der Waals surface area (Å²) in [6.45, 7) is 3.82. The molecule has 0 saturated carbocycles. The first-order valence-electron chi connectivity index (χ1n) is 5.10. The normalized spacial score (nSPS) is 10.1. The number of rotatable bonds is 3. The molecule has 2 rings (SSSR count). The van der Waals surface area contributed by atoms with Crippen LogP contribution in [0.5, 0.6) is 0 Å². The number of H-pyrrole nitrogens is 1. The summed E-state index contributed by atoms with van der Waals surface area (Å²) in [5.41, 5.74) is 0.180. The molecule has 5 heteroatoms. The number of carbonyl (C=O) groups is 1. The summed E-state index contributed by atoms with van der Waals surface area (Å²) in [5, 5.41) is 3.02. The van der Waals surface area contributed by atoms with Crippen molar-refractivity contribution < 1.29 is 4.79 Å². The van der Waals surface area contributed by atoms with E-state index in [1.54, 1.807) is 30.3 Å². The van der Waals surface area contributed by atoms with Crippen LogP contribution in [-0.4, -0.2) is 22.4 Å². The molecule has 0 aliphatic rings. The van der Waals surface area contributed by atoms with E-state index in [0.29, 0.717) is 17.4 Å². The molecule has 0 atom stereocenters. The minimum absolute atomic E-state index is 0.00977. The van der Waals surface area contributed by atoms with Gasteiger partial charge in [-0.25, -0.2) is 4.98 Å². The number of hydrogen-bond acceptors (Lipinski definition) is 3. The fourth-order valence-corrected chi connectivity index (χ4v) is 1.44. The summed E-state index contributed by atoms with van der Waals surface area (Å²) >= 11 is 0. The van der Waals surface area contributed by atoms with E-state index in [4.69, 9.17) is 0 Å². The van der Waals surface area contributed by atoms with Crippen LogP contribution >= 0.6 is 0 Å². The second kappa shape index (κ2) is 4.61. The average molecular weight is 229 g/mol. The van der Waals surface area contributed by atoms with Crippen molar-refractivity contribution in [2.45, 2.75) is 0 Å². The lowest BCUT2D eigenvalue weighted by Crippen LogP contribution is -2.27. The number of aromatic nitrogens is 2. The first-order valence-corrected chi connectivity index (χ1v) is 5.10. The van der Waals surface area contributed by atoms with Gasteiger partial charge in [-0.2, -0.15) is 0 Å². The van der Waals surface area contributed by atoms with E-state index >= 15 is 0 Å². The fourth-order valence-electron chi connectivity index (χ4n) is 1.44. The van der Waals surface area contributed by atoms with Crippen molar-refractivity contribution >= 4 is 16.8 Å². The Morgan fingerprint density at radius 3 is 3.00 bits per heavy atom. The summed E-state index contributed by atoms with van der Waals surface area (Å²) in [7, 11) is 0. The molecule has 2 aromatic rings. The summed E-state index contributed by atoms with van der Waals surface area (Å²) in [6, 6.07) is 6.86. The quantitative estimate of drug-likeness (QED) is 0.766. The predicted octanol–water partition coefficient (Wildman–Crippen LogP) is 0.839. The highest BCUT2D eigenvalue weighted by Gasteiger charge is 2.09. The van der Waals surface area contributed by atoms with Gasteiger partial charge in [0.05, 0.1) is 10.9 Å². The summed E-state index contributed by atoms with van der Waals surface area (Å²) < 4.78 is 0. The fraction of sp³-hybridized carbons (Fsp3) is 0.0833. The second-order valence-corrected chi connectivity index (χ2v) is 3.43. The van der Waals surface area contributed by atoms with Crippen LogP contribution in [0.2, 0.25) is 0 Å². The Labute approximate surface area is 97.2 Å². The van der Waals surface area contributed by atoms with Crippen molar-refractivity contribution in [2.24, 2.45) is 0 Å². The standard InChI is InChI=1S/C12H11N3O2/c1-2-7-13-12(17)10-14-9-6-4-3-5-8(9)11(16)15-10/h2-6H,1,7H2,(H,13,17)(H,14,15,16). The highest BCUT2D eigenvalue weighted by atomic mass is 16.2. The van der Waals surface area contributed by atoms with Gasteiger partial charge in [0.25, 0.3) is 11.5 Å². The molecule has 0 spiro atoms. The van der Waals surface area contributed by atoms with Crippen LogP contribution in [-0.2, 0) is 0 Å². The van der Waals surface area contributed by atoms with Gasteiger partial charge in [-0.1, -0.05) is 18.2 Å². The molecule has 86 valence electrons. The number of carbonyl (C=O) groups excluding carboxylic acids is 1. The van der Waals surface area contributed by atoms with E-state index in [1.807, 2.05) is 0 Å². The van der Waals surface area contributed by atoms with E-state index in [-0.39, 0.29) is 11.4 Å². The zero-order chi connectivity index (χ0) is 12.3. The van der Waals surface area contributed by atoms with Gasteiger partial charge in [0.1, 0.15) is 0 Å². The van der Waals surface area contributed by atoms with Crippen molar-refractivity contribution in [3.63, 3.8) is 0 Å². The Balaban J connectivity index is 2.46. The van der Waals surface area contributed by atoms with E-state index in [0.717, 1.165) is 0 Å². The minimum Gasteiger partial charge on any atom is -0.346 e. The molecule has 5 nitrogen and oxygen atoms in total. The molecular weight excluding hydrogens is 218 g/mol. The van der Waals surface area contributed by atoms with Crippen molar-refractivity contribution in [1.29, 1.82) is 0 Å². The molecule has 0 aliphatic heterocycles. The highest BCUT2D eigenvalue weighted by molar-refractivity contribution is 5.92. The Kier molecular flexibility index (Phi) is 3.00. The molecule has 17 heavy (non-hydrogen) atoms. The number of hydrogen-bond donors (Lipinski definition) is 2. The van der Waals surface area contributed by atoms with Crippen molar-refractivity contribution in [2.75, 3.05) is 6.54 Å². The van der Waals surface area contributed by atoms with Crippen LogP contribution in [0.15, 0.2) is 41.7 Å². The molecule has 1 amide bonds. The molecule has 0 aliphatic carbocycles. The van der Waals surface area contributed by atoms with Crippen molar-refractivity contribution in [1.82, 2.24) is 15.3 Å². The van der Waals surface area contributed by atoms with Gasteiger partial charge in [-0.15, -0.1) is 6.58 Å². The highest BCUT2D eigenvalue weighted by Crippen LogP contribution is 2.05. The summed E-state index contributed by atoms with van der Waals surface area (Å²) in [5.74, 6) is -0.414. The lowest BCUT2D eigenvalue weighted by Gasteiger charge is -2.02. The van der Waals surface area contributed by atoms with Crippen molar-refractivity contribution in [3.8, 4) is 0 Å². The van der Waals surface area contributed by atoms with Gasteiger partial charge in [-0.3, -0.25) is 9.59 Å². The maximum absolute atomic E-state index is 11.7. The van der Waals surface area contributed by atoms with E-state index < -0.39 is 5.91 Å². The Morgan fingerprint density at radius 1 is 1.47 bits per heavy atom. The SMILES string of the molecule is C=CCNC(=O)c1nc2ccccc2c(=O)[nH]1. The van der Waals surface area contributed by atoms with Crippen LogP contribution < -0.4 is 10.9 Å². The maximum atomic E-state index is 11.7. The molecule has 0 unspecified atom stereocenters. The minimum atomic E-state index is -0.423. The molecule has 2 N–H and O–H groups in total. The van der Waals surface area contributed by atoms with Gasteiger partial charge in [0, 0.05) is 6.54 Å². The molecule has 1 heterocycles. The van der Waals surface area contributed by atoms with Crippen LogP contribution in [0, 0.1) is 0 Å². The zero-order valence-corrected chi connectivity index (χ0v) is 9.06. The molecule has 0 fully saturated rings. The zero-order valence-electron chi connectivity index (χ0n) is 9.06. The number of aromatic amines is 1. The van der Waals surface area contributed by atoms with Gasteiger partial charge >= 0.3 is 0 Å². The van der Waals surface area contributed by atoms with Gasteiger partial charge in [-0.05, 0) is 12.1 Å². The third-order valence-corrected chi connectivity index (χ3v) is 2.23. The number of nitrogens with one attached hydrogen (secondary N) is 2. The number of nitrogens with zero attached hydrogens (tertiary/aromatic N) is 1. The number of benzene rings is 1. The third-order valence-electron chi connectivity index (χ3n) is 2.23. The molecule has 1 aromatic heterocycles. The van der Waals surface area contributed by atoms with Crippen LogP contribution in [0.3, 0.4) is 0 Å². The van der Waals surface area contributed by atoms with Gasteiger partial charge in [0.2, 0.25) is 0 Å². The summed E-state index contributed by atoms with van der Waals surface area (Å²) in [4.78, 5) is 29.8. The first kappa shape index (κ1) is 11.1. The van der Waals surface area contributed by atoms with E-state index in [9.17, 15) is 9.59 Å². The van der Waals surface area contributed by atoms with E-state index in [2.05, 4.69) is 21.9 Å². The maximum Gasteiger partial charge on any atom is 0.287 e. The largest absolute Gasteiger partial charge is 0.346 e. The lowest BCUT2D eigenvalue weighted by molar-refractivity contribution is 0.0948. The van der Waals surface area contributed by atoms with Gasteiger partial charge < -0.3 is 10.3 Å². The third kappa shape index (κ3) is 2.23. The molecule has 1 aromatic carbocycles. The average Bonchev–Trinajstić information content (AvgIpc) is 2.36. The lowest BCUT2D eigenvalue weighted by atomic mass is 10.2. The van der Waals surface area contributed by atoms with Crippen LogP contribution in [0.25, 0.3) is 10.9 Å². The van der Waals surface area contributed by atoms with Gasteiger partial charge in [0.15, 0.2) is 5.82 Å². The smallest absolute Gasteiger partial charge is 0.287 e. The number of amides is 1. The Hall–Kier alpha value is -2.43. The van der Waals surface area contributed by atoms with Crippen LogP contribution in [0.1, 0.15) is 10.6 Å². The molecule has 0 radical (unpaired) electrons. The number of para-hydroxylation sites is 1. The predicted molar refractivity (Wildman–Crippen MR) is 64.9 cm³/mol. The first-order chi connectivity index (χ1) is 8.22. The topological polar surface area (TPSA) is 74.8 Å². The Bertz CT molecular complexity index is 631. The van der Waals surface area contributed by atoms with Crippen LogP contribution in [0.4, 0.5) is 0 Å². The molecule has 0 bridgehead atoms. The second-order valence-electron chi connectivity index (χ2n) is 3.43. The molecule has 0 saturated heterocycles. The number of fused-ring (bicyclic) bond motifs is 1. The van der Waals surface area contributed by atoms with E-state index in [1.165, 1.54) is 0 Å². The van der Waals surface area contributed by atoms with Crippen molar-refractivity contribution in [3.05, 3.63) is 53.1 Å². The monoisotopic (exact) mass is 229 g/mol.